The van der Waals surface area contributed by atoms with Gasteiger partial charge in [-0.15, -0.1) is 5.10 Å². The first-order valence-electron chi connectivity index (χ1n) is 8.30. The van der Waals surface area contributed by atoms with Gasteiger partial charge >= 0.3 is 0 Å². The zero-order valence-electron chi connectivity index (χ0n) is 13.7. The van der Waals surface area contributed by atoms with Crippen molar-refractivity contribution in [2.45, 2.75) is 25.8 Å². The van der Waals surface area contributed by atoms with Crippen molar-refractivity contribution in [1.82, 2.24) is 15.5 Å². The molecule has 4 heteroatoms. The monoisotopic (exact) mass is 308 g/mol. The smallest absolute Gasteiger partial charge is 0.151 e. The third-order valence-corrected chi connectivity index (χ3v) is 4.23. The minimum absolute atomic E-state index is 0.510. The molecule has 2 heterocycles. The highest BCUT2D eigenvalue weighted by Crippen LogP contribution is 2.22. The number of nitrogens with one attached hydrogen (secondary N) is 1. The van der Waals surface area contributed by atoms with Crippen molar-refractivity contribution >= 4 is 11.9 Å². The molecule has 120 valence electrons. The lowest BCUT2D eigenvalue weighted by molar-refractivity contribution is 0.588. The van der Waals surface area contributed by atoms with Crippen LogP contribution >= 0.6 is 0 Å². The molecule has 2 aromatic rings. The van der Waals surface area contributed by atoms with E-state index >= 15 is 0 Å². The fourth-order valence-corrected chi connectivity index (χ4v) is 3.12. The van der Waals surface area contributed by atoms with Crippen LogP contribution in [0.4, 0.5) is 5.82 Å². The van der Waals surface area contributed by atoms with Crippen LogP contribution in [-0.2, 0) is 0 Å². The second kappa shape index (κ2) is 7.88. The zero-order valence-corrected chi connectivity index (χ0v) is 13.7. The molecule has 0 amide bonds. The van der Waals surface area contributed by atoms with Gasteiger partial charge in [0, 0.05) is 31.9 Å². The van der Waals surface area contributed by atoms with Crippen LogP contribution in [0.3, 0.4) is 0 Å². The minimum atomic E-state index is 0.510. The lowest BCUT2D eigenvalue weighted by Gasteiger charge is -2.25. The van der Waals surface area contributed by atoms with Gasteiger partial charge < -0.3 is 10.2 Å². The Kier molecular flexibility index (Phi) is 5.37. The molecule has 1 unspecified atom stereocenters. The molecule has 0 bridgehead atoms. The Morgan fingerprint density at radius 2 is 2.13 bits per heavy atom. The van der Waals surface area contributed by atoms with Crippen molar-refractivity contribution in [2.75, 3.05) is 24.5 Å². The zero-order chi connectivity index (χ0) is 15.9. The molecule has 0 spiro atoms. The van der Waals surface area contributed by atoms with Gasteiger partial charge in [0.2, 0.25) is 0 Å². The molecule has 1 aromatic carbocycles. The van der Waals surface area contributed by atoms with Gasteiger partial charge in [-0.3, -0.25) is 0 Å². The topological polar surface area (TPSA) is 41.0 Å². The average Bonchev–Trinajstić information content (AvgIpc) is 3.05. The molecular weight excluding hydrogens is 284 g/mol. The van der Waals surface area contributed by atoms with Crippen LogP contribution in [-0.4, -0.2) is 35.9 Å². The third-order valence-electron chi connectivity index (χ3n) is 4.23. The summed E-state index contributed by atoms with van der Waals surface area (Å²) in [5.74, 6) is 0.994. The molecule has 0 saturated carbocycles. The first-order chi connectivity index (χ1) is 11.3. The summed E-state index contributed by atoms with van der Waals surface area (Å²) in [6.45, 7) is 5.15. The summed E-state index contributed by atoms with van der Waals surface area (Å²) in [6.07, 6.45) is 6.40. The van der Waals surface area contributed by atoms with E-state index in [0.29, 0.717) is 6.04 Å². The maximum absolute atomic E-state index is 4.25. The number of anilines is 1. The van der Waals surface area contributed by atoms with Gasteiger partial charge in [-0.2, -0.15) is 5.10 Å². The second-order valence-electron chi connectivity index (χ2n) is 6.10. The minimum Gasteiger partial charge on any atom is -0.351 e. The summed E-state index contributed by atoms with van der Waals surface area (Å²) >= 11 is 0. The Morgan fingerprint density at radius 3 is 2.91 bits per heavy atom. The van der Waals surface area contributed by atoms with E-state index in [1.807, 2.05) is 18.2 Å². The van der Waals surface area contributed by atoms with Gasteiger partial charge in [0.05, 0.1) is 0 Å². The van der Waals surface area contributed by atoms with E-state index in [-0.39, 0.29) is 0 Å². The van der Waals surface area contributed by atoms with Crippen LogP contribution in [0.1, 0.15) is 25.3 Å². The highest BCUT2D eigenvalue weighted by molar-refractivity contribution is 5.52. The van der Waals surface area contributed by atoms with Crippen LogP contribution in [0, 0.1) is 0 Å². The molecular formula is C19H24N4. The van der Waals surface area contributed by atoms with Gasteiger partial charge in [0.1, 0.15) is 0 Å². The van der Waals surface area contributed by atoms with Crippen LogP contribution < -0.4 is 10.2 Å². The molecule has 3 rings (SSSR count). The van der Waals surface area contributed by atoms with Crippen molar-refractivity contribution in [3.8, 4) is 0 Å². The van der Waals surface area contributed by atoms with E-state index in [2.05, 4.69) is 57.7 Å². The Bertz CT molecular complexity index is 624. The molecule has 1 N–H and O–H groups in total. The van der Waals surface area contributed by atoms with Crippen LogP contribution in [0.25, 0.3) is 6.08 Å². The average molecular weight is 308 g/mol. The van der Waals surface area contributed by atoms with E-state index in [9.17, 15) is 0 Å². The fourth-order valence-electron chi connectivity index (χ4n) is 3.12. The summed E-state index contributed by atoms with van der Waals surface area (Å²) in [4.78, 5) is 2.37. The standard InChI is InChI=1S/C19H24N4/c1-16(13-17-7-3-2-4-8-17)14-20-15-18-9-6-12-23(18)19-10-5-11-21-22-19/h2-5,7-8,10-11,13,18,20H,6,9,12,14-15H2,1H3/b16-13+. The molecule has 4 nitrogen and oxygen atoms in total. The van der Waals surface area contributed by atoms with Crippen molar-refractivity contribution < 1.29 is 0 Å². The molecule has 1 atom stereocenters. The normalized spacial score (nSPS) is 18.4. The van der Waals surface area contributed by atoms with Gasteiger partial charge in [-0.1, -0.05) is 42.0 Å². The van der Waals surface area contributed by atoms with E-state index < -0.39 is 0 Å². The number of aromatic nitrogens is 2. The summed E-state index contributed by atoms with van der Waals surface area (Å²) in [6, 6.07) is 15.0. The molecule has 23 heavy (non-hydrogen) atoms. The Hall–Kier alpha value is -2.20. The summed E-state index contributed by atoms with van der Waals surface area (Å²) in [7, 11) is 0. The molecule has 0 aliphatic carbocycles. The molecule has 1 fully saturated rings. The molecule has 1 aliphatic rings. The van der Waals surface area contributed by atoms with Crippen molar-refractivity contribution in [1.29, 1.82) is 0 Å². The molecule has 1 aliphatic heterocycles. The maximum atomic E-state index is 4.25. The lowest BCUT2D eigenvalue weighted by atomic mass is 10.1. The van der Waals surface area contributed by atoms with Crippen LogP contribution in [0.2, 0.25) is 0 Å². The maximum Gasteiger partial charge on any atom is 0.151 e. The first-order valence-corrected chi connectivity index (χ1v) is 8.30. The number of hydrogen-bond donors (Lipinski definition) is 1. The predicted molar refractivity (Wildman–Crippen MR) is 95.4 cm³/mol. The van der Waals surface area contributed by atoms with Gasteiger partial charge in [0.25, 0.3) is 0 Å². The fraction of sp³-hybridized carbons (Fsp3) is 0.368. The van der Waals surface area contributed by atoms with E-state index in [4.69, 9.17) is 0 Å². The number of hydrogen-bond acceptors (Lipinski definition) is 4. The predicted octanol–water partition coefficient (Wildman–Crippen LogP) is 3.14. The molecule has 1 saturated heterocycles. The SMILES string of the molecule is C/C(=C\c1ccccc1)CNCC1CCCN1c1cccnn1. The Morgan fingerprint density at radius 1 is 1.26 bits per heavy atom. The summed E-state index contributed by atoms with van der Waals surface area (Å²) in [5.41, 5.74) is 2.61. The highest BCUT2D eigenvalue weighted by atomic mass is 15.3. The molecule has 0 radical (unpaired) electrons. The van der Waals surface area contributed by atoms with E-state index in [1.54, 1.807) is 6.20 Å². The van der Waals surface area contributed by atoms with Gasteiger partial charge in [-0.25, -0.2) is 0 Å². The lowest BCUT2D eigenvalue weighted by Crippen LogP contribution is -2.39. The van der Waals surface area contributed by atoms with Gasteiger partial charge in [-0.05, 0) is 37.5 Å². The first kappa shape index (κ1) is 15.7. The highest BCUT2D eigenvalue weighted by Gasteiger charge is 2.25. The number of nitrogens with zero attached hydrogens (tertiary/aromatic N) is 3. The quantitative estimate of drug-likeness (QED) is 0.890. The number of rotatable bonds is 6. The third kappa shape index (κ3) is 4.39. The Labute approximate surface area is 138 Å². The Balaban J connectivity index is 1.51. The van der Waals surface area contributed by atoms with Crippen molar-refractivity contribution in [3.05, 3.63) is 59.8 Å². The molecule has 1 aromatic heterocycles. The summed E-state index contributed by atoms with van der Waals surface area (Å²) in [5, 5.41) is 11.8. The van der Waals surface area contributed by atoms with E-state index in [1.165, 1.54) is 24.0 Å². The van der Waals surface area contributed by atoms with Gasteiger partial charge in [0.15, 0.2) is 5.82 Å². The van der Waals surface area contributed by atoms with Crippen molar-refractivity contribution in [2.24, 2.45) is 0 Å². The van der Waals surface area contributed by atoms with Crippen LogP contribution in [0.5, 0.6) is 0 Å². The number of benzene rings is 1. The second-order valence-corrected chi connectivity index (χ2v) is 6.10. The van der Waals surface area contributed by atoms with Crippen LogP contribution in [0.15, 0.2) is 54.2 Å². The largest absolute Gasteiger partial charge is 0.351 e. The van der Waals surface area contributed by atoms with E-state index in [0.717, 1.165) is 25.5 Å². The summed E-state index contributed by atoms with van der Waals surface area (Å²) < 4.78 is 0. The van der Waals surface area contributed by atoms with Crippen molar-refractivity contribution in [3.63, 3.8) is 0 Å².